The van der Waals surface area contributed by atoms with Crippen molar-refractivity contribution in [3.63, 3.8) is 0 Å². The highest BCUT2D eigenvalue weighted by Crippen LogP contribution is 2.35. The van der Waals surface area contributed by atoms with Gasteiger partial charge >= 0.3 is 0 Å². The number of ether oxygens (including phenoxy) is 2. The van der Waals surface area contributed by atoms with Crippen molar-refractivity contribution in [2.24, 2.45) is 7.05 Å². The van der Waals surface area contributed by atoms with E-state index in [1.807, 2.05) is 6.92 Å². The number of hydrogen-bond donors (Lipinski definition) is 0. The largest absolute Gasteiger partial charge is 0.479 e. The molecule has 28 heavy (non-hydrogen) atoms. The molecule has 1 atom stereocenters. The number of carbonyl (C=O) groups excluding carboxylic acids is 1. The van der Waals surface area contributed by atoms with Gasteiger partial charge in [-0.1, -0.05) is 23.5 Å². The first-order valence-electron chi connectivity index (χ1n) is 9.35. The third-order valence-electron chi connectivity index (χ3n) is 5.04. The number of fused-ring (bicyclic) bond motifs is 1. The van der Waals surface area contributed by atoms with Crippen LogP contribution in [-0.2, 0) is 11.8 Å². The molecule has 1 unspecified atom stereocenters. The van der Waals surface area contributed by atoms with Crippen molar-refractivity contribution in [3.8, 4) is 5.88 Å². The Balaban J connectivity index is 1.78. The Bertz CT molecular complexity index is 981. The summed E-state index contributed by atoms with van der Waals surface area (Å²) in [7, 11) is 3.29. The van der Waals surface area contributed by atoms with Gasteiger partial charge in [0, 0.05) is 19.9 Å². The molecule has 0 spiro atoms. The maximum absolute atomic E-state index is 13.5. The third kappa shape index (κ3) is 3.38. The molecular formula is C20H24N4O3S. The number of aryl methyl sites for hydroxylation is 3. The lowest BCUT2D eigenvalue weighted by atomic mass is 10.1. The minimum Gasteiger partial charge on any atom is -0.479 e. The second-order valence-corrected chi connectivity index (χ2v) is 8.13. The molecule has 1 amide bonds. The molecule has 1 fully saturated rings. The number of carbonyl (C=O) groups is 1. The SMILES string of the molecule is COc1nn(C)cc1C(=O)N(CC1CCCO1)c1nc2c(C)ccc(C)c2s1. The van der Waals surface area contributed by atoms with Crippen LogP contribution in [0.1, 0.15) is 34.3 Å². The lowest BCUT2D eigenvalue weighted by molar-refractivity contribution is 0.0915. The van der Waals surface area contributed by atoms with Crippen molar-refractivity contribution in [2.45, 2.75) is 32.8 Å². The molecule has 0 radical (unpaired) electrons. The molecule has 8 heteroatoms. The number of nitrogens with zero attached hydrogens (tertiary/aromatic N) is 4. The molecule has 4 rings (SSSR count). The number of benzene rings is 1. The van der Waals surface area contributed by atoms with Gasteiger partial charge in [0.2, 0.25) is 5.88 Å². The molecule has 1 aliphatic rings. The van der Waals surface area contributed by atoms with Crippen LogP contribution < -0.4 is 9.64 Å². The zero-order chi connectivity index (χ0) is 19.8. The summed E-state index contributed by atoms with van der Waals surface area (Å²) in [5, 5.41) is 4.91. The molecule has 0 bridgehead atoms. The second kappa shape index (κ2) is 7.52. The number of hydrogen-bond acceptors (Lipinski definition) is 6. The maximum atomic E-state index is 13.5. The number of amides is 1. The summed E-state index contributed by atoms with van der Waals surface area (Å²) in [5.74, 6) is 0.146. The monoisotopic (exact) mass is 400 g/mol. The van der Waals surface area contributed by atoms with Gasteiger partial charge in [0.25, 0.3) is 5.91 Å². The van der Waals surface area contributed by atoms with Crippen LogP contribution >= 0.6 is 11.3 Å². The Kier molecular flexibility index (Phi) is 5.07. The summed E-state index contributed by atoms with van der Waals surface area (Å²) in [5.41, 5.74) is 3.64. The Morgan fingerprint density at radius 3 is 2.86 bits per heavy atom. The zero-order valence-corrected chi connectivity index (χ0v) is 17.4. The van der Waals surface area contributed by atoms with E-state index in [0.717, 1.165) is 40.8 Å². The molecule has 3 heterocycles. The summed E-state index contributed by atoms with van der Waals surface area (Å²) in [6.07, 6.45) is 3.66. The second-order valence-electron chi connectivity index (χ2n) is 7.15. The van der Waals surface area contributed by atoms with Crippen LogP contribution in [0.3, 0.4) is 0 Å². The molecular weight excluding hydrogens is 376 g/mol. The van der Waals surface area contributed by atoms with Crippen LogP contribution in [0, 0.1) is 13.8 Å². The van der Waals surface area contributed by atoms with Gasteiger partial charge in [-0.25, -0.2) is 4.98 Å². The highest BCUT2D eigenvalue weighted by molar-refractivity contribution is 7.22. The predicted octanol–water partition coefficient (Wildman–Crippen LogP) is 3.48. The van der Waals surface area contributed by atoms with Gasteiger partial charge < -0.3 is 9.47 Å². The molecule has 1 saturated heterocycles. The fourth-order valence-electron chi connectivity index (χ4n) is 3.51. The van der Waals surface area contributed by atoms with Crippen molar-refractivity contribution in [1.82, 2.24) is 14.8 Å². The Hall–Kier alpha value is -2.45. The van der Waals surface area contributed by atoms with E-state index in [1.165, 1.54) is 7.11 Å². The fraction of sp³-hybridized carbons (Fsp3) is 0.450. The van der Waals surface area contributed by atoms with Crippen molar-refractivity contribution in [3.05, 3.63) is 35.0 Å². The van der Waals surface area contributed by atoms with E-state index < -0.39 is 0 Å². The Morgan fingerprint density at radius 1 is 1.39 bits per heavy atom. The van der Waals surface area contributed by atoms with Gasteiger partial charge in [-0.3, -0.25) is 14.4 Å². The molecule has 3 aromatic rings. The lowest BCUT2D eigenvalue weighted by Gasteiger charge is -2.22. The predicted molar refractivity (Wildman–Crippen MR) is 110 cm³/mol. The summed E-state index contributed by atoms with van der Waals surface area (Å²) in [6.45, 7) is 5.32. The molecule has 2 aromatic heterocycles. The number of methoxy groups -OCH3 is 1. The van der Waals surface area contributed by atoms with E-state index >= 15 is 0 Å². The molecule has 1 aromatic carbocycles. The van der Waals surface area contributed by atoms with Gasteiger partial charge in [0.15, 0.2) is 5.13 Å². The van der Waals surface area contributed by atoms with Crippen LogP contribution in [0.15, 0.2) is 18.3 Å². The maximum Gasteiger partial charge on any atom is 0.267 e. The van der Waals surface area contributed by atoms with Crippen molar-refractivity contribution in [2.75, 3.05) is 25.2 Å². The summed E-state index contributed by atoms with van der Waals surface area (Å²) in [4.78, 5) is 20.0. The zero-order valence-electron chi connectivity index (χ0n) is 16.6. The van der Waals surface area contributed by atoms with E-state index in [0.29, 0.717) is 23.1 Å². The highest BCUT2D eigenvalue weighted by Gasteiger charge is 2.30. The van der Waals surface area contributed by atoms with Gasteiger partial charge in [0.05, 0.1) is 30.0 Å². The fourth-order valence-corrected chi connectivity index (χ4v) is 4.63. The molecule has 0 N–H and O–H groups in total. The van der Waals surface area contributed by atoms with Gasteiger partial charge in [-0.2, -0.15) is 0 Å². The van der Waals surface area contributed by atoms with Crippen molar-refractivity contribution >= 4 is 32.6 Å². The standard InChI is InChI=1S/C20H24N4O3S/c1-12-7-8-13(2)17-16(12)21-20(28-17)24(10-14-6-5-9-27-14)19(25)15-11-23(3)22-18(15)26-4/h7-8,11,14H,5-6,9-10H2,1-4H3. The number of anilines is 1. The molecule has 7 nitrogen and oxygen atoms in total. The normalized spacial score (nSPS) is 16.6. The molecule has 1 aliphatic heterocycles. The van der Waals surface area contributed by atoms with E-state index in [4.69, 9.17) is 14.5 Å². The first kappa shape index (κ1) is 18.9. The average Bonchev–Trinajstić information content (AvgIpc) is 3.41. The summed E-state index contributed by atoms with van der Waals surface area (Å²) < 4.78 is 13.8. The summed E-state index contributed by atoms with van der Waals surface area (Å²) >= 11 is 1.54. The van der Waals surface area contributed by atoms with Gasteiger partial charge in [0.1, 0.15) is 5.56 Å². The van der Waals surface area contributed by atoms with Crippen molar-refractivity contribution in [1.29, 1.82) is 0 Å². The minimum atomic E-state index is -0.171. The van der Waals surface area contributed by atoms with E-state index in [1.54, 1.807) is 34.2 Å². The first-order chi connectivity index (χ1) is 13.5. The van der Waals surface area contributed by atoms with Gasteiger partial charge in [-0.15, -0.1) is 5.10 Å². The van der Waals surface area contributed by atoms with E-state index in [2.05, 4.69) is 24.2 Å². The number of rotatable bonds is 5. The van der Waals surface area contributed by atoms with Crippen molar-refractivity contribution < 1.29 is 14.3 Å². The van der Waals surface area contributed by atoms with E-state index in [-0.39, 0.29) is 12.0 Å². The van der Waals surface area contributed by atoms with Crippen LogP contribution in [0.5, 0.6) is 5.88 Å². The quantitative estimate of drug-likeness (QED) is 0.656. The lowest BCUT2D eigenvalue weighted by Crippen LogP contribution is -2.37. The highest BCUT2D eigenvalue weighted by atomic mass is 32.1. The smallest absolute Gasteiger partial charge is 0.267 e. The molecule has 0 aliphatic carbocycles. The Labute approximate surface area is 167 Å². The minimum absolute atomic E-state index is 0.0147. The van der Waals surface area contributed by atoms with Crippen LogP contribution in [0.2, 0.25) is 0 Å². The van der Waals surface area contributed by atoms with Crippen LogP contribution in [0.25, 0.3) is 10.2 Å². The number of aromatic nitrogens is 3. The number of thiazole rings is 1. The summed E-state index contributed by atoms with van der Waals surface area (Å²) in [6, 6.07) is 4.16. The topological polar surface area (TPSA) is 69.5 Å². The average molecular weight is 401 g/mol. The van der Waals surface area contributed by atoms with Crippen LogP contribution in [0.4, 0.5) is 5.13 Å². The first-order valence-corrected chi connectivity index (χ1v) is 10.2. The van der Waals surface area contributed by atoms with E-state index in [9.17, 15) is 4.79 Å². The third-order valence-corrected chi connectivity index (χ3v) is 6.25. The molecule has 0 saturated carbocycles. The Morgan fingerprint density at radius 2 is 2.18 bits per heavy atom. The van der Waals surface area contributed by atoms with Crippen LogP contribution in [-0.4, -0.2) is 47.0 Å². The van der Waals surface area contributed by atoms with Gasteiger partial charge in [-0.05, 0) is 37.8 Å². The molecule has 148 valence electrons.